The highest BCUT2D eigenvalue weighted by Crippen LogP contribution is 2.17. The molecule has 19 heavy (non-hydrogen) atoms. The van der Waals surface area contributed by atoms with Gasteiger partial charge in [-0.25, -0.2) is 0 Å². The molecule has 0 aliphatic rings. The Morgan fingerprint density at radius 2 is 2.05 bits per heavy atom. The number of nitrogens with one attached hydrogen (secondary N) is 1. The van der Waals surface area contributed by atoms with Crippen LogP contribution in [0.1, 0.15) is 17.3 Å². The summed E-state index contributed by atoms with van der Waals surface area (Å²) in [4.78, 5) is 13.9. The highest BCUT2D eigenvalue weighted by molar-refractivity contribution is 5.97. The summed E-state index contributed by atoms with van der Waals surface area (Å²) in [6.07, 6.45) is 0. The van der Waals surface area contributed by atoms with E-state index >= 15 is 0 Å². The van der Waals surface area contributed by atoms with Gasteiger partial charge in [-0.05, 0) is 33.2 Å². The van der Waals surface area contributed by atoms with Gasteiger partial charge >= 0.3 is 0 Å². The van der Waals surface area contributed by atoms with Gasteiger partial charge in [-0.1, -0.05) is 24.0 Å². The van der Waals surface area contributed by atoms with Crippen LogP contribution in [0, 0.1) is 11.8 Å². The van der Waals surface area contributed by atoms with Gasteiger partial charge in [0.05, 0.1) is 25.3 Å². The summed E-state index contributed by atoms with van der Waals surface area (Å²) < 4.78 is 5.41. The van der Waals surface area contributed by atoms with E-state index < -0.39 is 0 Å². The Morgan fingerprint density at radius 3 is 2.74 bits per heavy atom. The van der Waals surface area contributed by atoms with Crippen molar-refractivity contribution in [2.24, 2.45) is 0 Å². The standard InChI is InChI=1S/C15H20N2O2/c1-4-19-14-10-6-5-9-13(14)15(18)16-11-7-8-12-17(2)3/h5-6,9-10H,4,11-12H2,1-3H3,(H,16,18). The summed E-state index contributed by atoms with van der Waals surface area (Å²) in [5.74, 6) is 6.30. The van der Waals surface area contributed by atoms with Crippen LogP contribution in [-0.2, 0) is 0 Å². The van der Waals surface area contributed by atoms with E-state index in [2.05, 4.69) is 17.2 Å². The Labute approximate surface area is 114 Å². The van der Waals surface area contributed by atoms with Gasteiger partial charge in [0.25, 0.3) is 5.91 Å². The highest BCUT2D eigenvalue weighted by atomic mass is 16.5. The van der Waals surface area contributed by atoms with Gasteiger partial charge in [-0.2, -0.15) is 0 Å². The van der Waals surface area contributed by atoms with Gasteiger partial charge in [0.1, 0.15) is 5.75 Å². The molecule has 102 valence electrons. The Bertz CT molecular complexity index is 473. The van der Waals surface area contributed by atoms with Gasteiger partial charge in [0.2, 0.25) is 0 Å². The molecular formula is C15H20N2O2. The number of carbonyl (C=O) groups is 1. The van der Waals surface area contributed by atoms with E-state index in [1.807, 2.05) is 38.1 Å². The van der Waals surface area contributed by atoms with Crippen molar-refractivity contribution in [2.75, 3.05) is 33.8 Å². The molecule has 0 aliphatic heterocycles. The maximum absolute atomic E-state index is 12.0. The summed E-state index contributed by atoms with van der Waals surface area (Å²) in [5.41, 5.74) is 0.541. The molecule has 1 aromatic carbocycles. The molecule has 0 aliphatic carbocycles. The maximum atomic E-state index is 12.0. The van der Waals surface area contributed by atoms with E-state index in [1.54, 1.807) is 12.1 Å². The van der Waals surface area contributed by atoms with Crippen molar-refractivity contribution in [3.8, 4) is 17.6 Å². The fraction of sp³-hybridized carbons (Fsp3) is 0.400. The number of benzene rings is 1. The molecule has 0 fully saturated rings. The molecule has 0 unspecified atom stereocenters. The quantitative estimate of drug-likeness (QED) is 0.813. The lowest BCUT2D eigenvalue weighted by atomic mass is 10.2. The fourth-order valence-electron chi connectivity index (χ4n) is 1.43. The van der Waals surface area contributed by atoms with Crippen LogP contribution in [-0.4, -0.2) is 44.6 Å². The number of hydrogen-bond acceptors (Lipinski definition) is 3. The summed E-state index contributed by atoms with van der Waals surface area (Å²) in [6, 6.07) is 7.19. The van der Waals surface area contributed by atoms with Crippen molar-refractivity contribution in [3.63, 3.8) is 0 Å². The molecule has 0 radical (unpaired) electrons. The van der Waals surface area contributed by atoms with Crippen molar-refractivity contribution < 1.29 is 9.53 Å². The highest BCUT2D eigenvalue weighted by Gasteiger charge is 2.10. The number of rotatable bonds is 5. The Balaban J connectivity index is 2.55. The zero-order valence-corrected chi connectivity index (χ0v) is 11.7. The summed E-state index contributed by atoms with van der Waals surface area (Å²) in [7, 11) is 3.90. The van der Waals surface area contributed by atoms with Crippen LogP contribution < -0.4 is 10.1 Å². The first-order valence-electron chi connectivity index (χ1n) is 6.25. The van der Waals surface area contributed by atoms with Crippen LogP contribution in [0.2, 0.25) is 0 Å². The number of hydrogen-bond donors (Lipinski definition) is 1. The smallest absolute Gasteiger partial charge is 0.255 e. The molecule has 4 heteroatoms. The number of amides is 1. The molecule has 1 aromatic rings. The molecule has 0 aromatic heterocycles. The molecule has 1 N–H and O–H groups in total. The molecule has 0 heterocycles. The van der Waals surface area contributed by atoms with E-state index in [9.17, 15) is 4.79 Å². The molecular weight excluding hydrogens is 240 g/mol. The predicted molar refractivity (Wildman–Crippen MR) is 76.3 cm³/mol. The molecule has 0 bridgehead atoms. The number of para-hydroxylation sites is 1. The third-order valence-electron chi connectivity index (χ3n) is 2.29. The molecule has 1 amide bonds. The van der Waals surface area contributed by atoms with Crippen molar-refractivity contribution in [1.29, 1.82) is 0 Å². The lowest BCUT2D eigenvalue weighted by Gasteiger charge is -2.08. The zero-order chi connectivity index (χ0) is 14.1. The fourth-order valence-corrected chi connectivity index (χ4v) is 1.43. The second-order valence-corrected chi connectivity index (χ2v) is 4.20. The Hall–Kier alpha value is -1.99. The second-order valence-electron chi connectivity index (χ2n) is 4.20. The maximum Gasteiger partial charge on any atom is 0.255 e. The minimum Gasteiger partial charge on any atom is -0.493 e. The van der Waals surface area contributed by atoms with E-state index in [4.69, 9.17) is 4.74 Å². The summed E-state index contributed by atoms with van der Waals surface area (Å²) in [6.45, 7) is 3.45. The van der Waals surface area contributed by atoms with Crippen LogP contribution in [0.4, 0.5) is 0 Å². The van der Waals surface area contributed by atoms with Gasteiger partial charge < -0.3 is 10.1 Å². The van der Waals surface area contributed by atoms with Gasteiger partial charge in [-0.3, -0.25) is 9.69 Å². The summed E-state index contributed by atoms with van der Waals surface area (Å²) in [5, 5.41) is 2.76. The lowest BCUT2D eigenvalue weighted by molar-refractivity contribution is 0.0955. The monoisotopic (exact) mass is 260 g/mol. The van der Waals surface area contributed by atoms with Crippen LogP contribution in [0.3, 0.4) is 0 Å². The van der Waals surface area contributed by atoms with Crippen LogP contribution in [0.15, 0.2) is 24.3 Å². The molecule has 0 spiro atoms. The minimum atomic E-state index is -0.164. The van der Waals surface area contributed by atoms with Gasteiger partial charge in [-0.15, -0.1) is 0 Å². The third-order valence-corrected chi connectivity index (χ3v) is 2.29. The Kier molecular flexibility index (Phi) is 6.48. The predicted octanol–water partition coefficient (Wildman–Crippen LogP) is 1.38. The van der Waals surface area contributed by atoms with Crippen LogP contribution in [0.5, 0.6) is 5.75 Å². The number of nitrogens with zero attached hydrogens (tertiary/aromatic N) is 1. The first-order chi connectivity index (χ1) is 9.15. The average molecular weight is 260 g/mol. The summed E-state index contributed by atoms with van der Waals surface area (Å²) >= 11 is 0. The SMILES string of the molecule is CCOc1ccccc1C(=O)NCC#CCN(C)C. The van der Waals surface area contributed by atoms with Gasteiger partial charge in [0, 0.05) is 0 Å². The molecule has 0 saturated heterocycles. The van der Waals surface area contributed by atoms with Crippen molar-refractivity contribution >= 4 is 5.91 Å². The lowest BCUT2D eigenvalue weighted by Crippen LogP contribution is -2.24. The van der Waals surface area contributed by atoms with E-state index in [-0.39, 0.29) is 5.91 Å². The minimum absolute atomic E-state index is 0.164. The van der Waals surface area contributed by atoms with E-state index in [1.165, 1.54) is 0 Å². The number of carbonyl (C=O) groups excluding carboxylic acids is 1. The third kappa shape index (κ3) is 5.45. The van der Waals surface area contributed by atoms with E-state index in [0.29, 0.717) is 31.0 Å². The first kappa shape index (κ1) is 15.1. The Morgan fingerprint density at radius 1 is 1.32 bits per heavy atom. The number of ether oxygens (including phenoxy) is 1. The zero-order valence-electron chi connectivity index (χ0n) is 11.7. The van der Waals surface area contributed by atoms with Crippen molar-refractivity contribution in [1.82, 2.24) is 10.2 Å². The van der Waals surface area contributed by atoms with Crippen molar-refractivity contribution in [2.45, 2.75) is 6.92 Å². The topological polar surface area (TPSA) is 41.6 Å². The largest absolute Gasteiger partial charge is 0.493 e. The normalized spacial score (nSPS) is 9.68. The molecule has 4 nitrogen and oxygen atoms in total. The second kappa shape index (κ2) is 8.17. The molecule has 0 atom stereocenters. The van der Waals surface area contributed by atoms with E-state index in [0.717, 1.165) is 0 Å². The first-order valence-corrected chi connectivity index (χ1v) is 6.25. The average Bonchev–Trinajstić information content (AvgIpc) is 2.39. The van der Waals surface area contributed by atoms with Crippen LogP contribution in [0.25, 0.3) is 0 Å². The van der Waals surface area contributed by atoms with Crippen molar-refractivity contribution in [3.05, 3.63) is 29.8 Å². The van der Waals surface area contributed by atoms with Gasteiger partial charge in [0.15, 0.2) is 0 Å². The van der Waals surface area contributed by atoms with Crippen LogP contribution >= 0.6 is 0 Å². The molecule has 1 rings (SSSR count). The molecule has 0 saturated carbocycles.